The molecule has 2 nitrogen and oxygen atoms in total. The monoisotopic (exact) mass is 296 g/mol. The summed E-state index contributed by atoms with van der Waals surface area (Å²) >= 11 is 5.39. The Hall–Kier alpha value is -0.660. The lowest BCUT2D eigenvalue weighted by atomic mass is 10.1. The molecular weight excluding hydrogens is 284 g/mol. The predicted molar refractivity (Wildman–Crippen MR) is 72.8 cm³/mol. The first-order valence-corrected chi connectivity index (χ1v) is 7.28. The van der Waals surface area contributed by atoms with Gasteiger partial charge in [0.1, 0.15) is 6.07 Å². The summed E-state index contributed by atoms with van der Waals surface area (Å²) in [4.78, 5) is 0. The minimum atomic E-state index is 0.523. The molecule has 1 saturated heterocycles. The van der Waals surface area contributed by atoms with Crippen LogP contribution in [0.25, 0.3) is 0 Å². The number of halogens is 1. The summed E-state index contributed by atoms with van der Waals surface area (Å²) in [6, 6.07) is 8.56. The van der Waals surface area contributed by atoms with Crippen LogP contribution < -0.4 is 5.32 Å². The van der Waals surface area contributed by atoms with E-state index in [0.717, 1.165) is 10.2 Å². The van der Waals surface area contributed by atoms with Crippen molar-refractivity contribution in [3.63, 3.8) is 0 Å². The summed E-state index contributed by atoms with van der Waals surface area (Å²) in [6.07, 6.45) is 2.37. The van der Waals surface area contributed by atoms with E-state index in [-0.39, 0.29) is 0 Å². The van der Waals surface area contributed by atoms with Crippen molar-refractivity contribution in [1.82, 2.24) is 0 Å². The highest BCUT2D eigenvalue weighted by atomic mass is 79.9. The van der Waals surface area contributed by atoms with Crippen LogP contribution in [0.5, 0.6) is 0 Å². The number of benzene rings is 1. The van der Waals surface area contributed by atoms with Crippen LogP contribution in [0.1, 0.15) is 18.4 Å². The lowest BCUT2D eigenvalue weighted by molar-refractivity contribution is 0.666. The quantitative estimate of drug-likeness (QED) is 0.905. The zero-order valence-electron chi connectivity index (χ0n) is 8.87. The molecule has 0 saturated carbocycles. The molecule has 0 unspecified atom stereocenters. The van der Waals surface area contributed by atoms with Gasteiger partial charge >= 0.3 is 0 Å². The van der Waals surface area contributed by atoms with E-state index in [1.807, 2.05) is 30.0 Å². The van der Waals surface area contributed by atoms with Crippen LogP contribution in [-0.4, -0.2) is 17.5 Å². The molecule has 0 aromatic heterocycles. The average molecular weight is 297 g/mol. The Morgan fingerprint density at radius 3 is 2.81 bits per heavy atom. The van der Waals surface area contributed by atoms with Crippen molar-refractivity contribution < 1.29 is 0 Å². The van der Waals surface area contributed by atoms with Crippen LogP contribution in [0.4, 0.5) is 5.69 Å². The number of anilines is 1. The van der Waals surface area contributed by atoms with Crippen LogP contribution in [0.3, 0.4) is 0 Å². The highest BCUT2D eigenvalue weighted by Crippen LogP contribution is 2.25. The van der Waals surface area contributed by atoms with E-state index in [0.29, 0.717) is 11.6 Å². The van der Waals surface area contributed by atoms with E-state index in [1.54, 1.807) is 0 Å². The van der Waals surface area contributed by atoms with Crippen LogP contribution in [0.15, 0.2) is 22.7 Å². The SMILES string of the molecule is N#Cc1cc(Br)ccc1NC1CCSCC1. The van der Waals surface area contributed by atoms with E-state index in [4.69, 9.17) is 5.26 Å². The topological polar surface area (TPSA) is 35.8 Å². The first kappa shape index (κ1) is 11.8. The molecule has 0 aliphatic carbocycles. The van der Waals surface area contributed by atoms with Crippen molar-refractivity contribution in [2.75, 3.05) is 16.8 Å². The van der Waals surface area contributed by atoms with Gasteiger partial charge in [0.05, 0.1) is 11.3 Å². The van der Waals surface area contributed by atoms with Gasteiger partial charge in [0.25, 0.3) is 0 Å². The summed E-state index contributed by atoms with van der Waals surface area (Å²) in [5.41, 5.74) is 1.68. The molecule has 16 heavy (non-hydrogen) atoms. The standard InChI is InChI=1S/C12H13BrN2S/c13-10-1-2-12(9(7-10)8-14)15-11-3-5-16-6-4-11/h1-2,7,11,15H,3-6H2. The summed E-state index contributed by atoms with van der Waals surface area (Å²) < 4.78 is 0.953. The second kappa shape index (κ2) is 5.60. The van der Waals surface area contributed by atoms with Crippen LogP contribution in [0.2, 0.25) is 0 Å². The number of nitrogens with zero attached hydrogens (tertiary/aromatic N) is 1. The minimum Gasteiger partial charge on any atom is -0.381 e. The largest absolute Gasteiger partial charge is 0.381 e. The number of hydrogen-bond donors (Lipinski definition) is 1. The van der Waals surface area contributed by atoms with Gasteiger partial charge in [-0.15, -0.1) is 0 Å². The maximum Gasteiger partial charge on any atom is 0.101 e. The van der Waals surface area contributed by atoms with Gasteiger partial charge in [0.2, 0.25) is 0 Å². The highest BCUT2D eigenvalue weighted by Gasteiger charge is 2.14. The Bertz CT molecular complexity index is 408. The number of thioether (sulfide) groups is 1. The first-order chi connectivity index (χ1) is 7.79. The molecule has 1 aliphatic heterocycles. The van der Waals surface area contributed by atoms with Gasteiger partial charge in [0.15, 0.2) is 0 Å². The highest BCUT2D eigenvalue weighted by molar-refractivity contribution is 9.10. The number of nitrogens with one attached hydrogen (secondary N) is 1. The van der Waals surface area contributed by atoms with E-state index in [1.165, 1.54) is 24.3 Å². The maximum atomic E-state index is 9.06. The van der Waals surface area contributed by atoms with Crippen LogP contribution in [0, 0.1) is 11.3 Å². The normalized spacial score (nSPS) is 16.8. The molecule has 1 N–H and O–H groups in total. The van der Waals surface area contributed by atoms with Crippen LogP contribution in [-0.2, 0) is 0 Å². The second-order valence-electron chi connectivity index (χ2n) is 3.83. The fourth-order valence-corrected chi connectivity index (χ4v) is 3.26. The number of rotatable bonds is 2. The van der Waals surface area contributed by atoms with Crippen molar-refractivity contribution in [3.05, 3.63) is 28.2 Å². The molecule has 0 amide bonds. The summed E-state index contributed by atoms with van der Waals surface area (Å²) in [5, 5.41) is 12.5. The fourth-order valence-electron chi connectivity index (χ4n) is 1.80. The van der Waals surface area contributed by atoms with Crippen molar-refractivity contribution in [2.24, 2.45) is 0 Å². The molecular formula is C12H13BrN2S. The van der Waals surface area contributed by atoms with E-state index < -0.39 is 0 Å². The lowest BCUT2D eigenvalue weighted by Gasteiger charge is -2.24. The zero-order chi connectivity index (χ0) is 11.4. The van der Waals surface area contributed by atoms with Gasteiger partial charge in [-0.05, 0) is 42.5 Å². The molecule has 0 spiro atoms. The first-order valence-electron chi connectivity index (χ1n) is 5.33. The molecule has 2 rings (SSSR count). The third-order valence-electron chi connectivity index (χ3n) is 2.68. The molecule has 1 aliphatic rings. The van der Waals surface area contributed by atoms with Gasteiger partial charge in [0, 0.05) is 10.5 Å². The number of hydrogen-bond acceptors (Lipinski definition) is 3. The van der Waals surface area contributed by atoms with Gasteiger partial charge in [-0.2, -0.15) is 17.0 Å². The maximum absolute atomic E-state index is 9.06. The van der Waals surface area contributed by atoms with Crippen LogP contribution >= 0.6 is 27.7 Å². The lowest BCUT2D eigenvalue weighted by Crippen LogP contribution is -2.24. The van der Waals surface area contributed by atoms with Gasteiger partial charge in [-0.1, -0.05) is 15.9 Å². The Kier molecular flexibility index (Phi) is 4.14. The zero-order valence-corrected chi connectivity index (χ0v) is 11.3. The Balaban J connectivity index is 2.11. The van der Waals surface area contributed by atoms with E-state index in [9.17, 15) is 0 Å². The van der Waals surface area contributed by atoms with Gasteiger partial charge in [-0.25, -0.2) is 0 Å². The smallest absolute Gasteiger partial charge is 0.101 e. The molecule has 4 heteroatoms. The second-order valence-corrected chi connectivity index (χ2v) is 5.97. The molecule has 1 fully saturated rings. The predicted octanol–water partition coefficient (Wildman–Crippen LogP) is 3.63. The molecule has 0 atom stereocenters. The minimum absolute atomic E-state index is 0.523. The molecule has 1 heterocycles. The summed E-state index contributed by atoms with van der Waals surface area (Å²) in [7, 11) is 0. The van der Waals surface area contributed by atoms with Crippen molar-refractivity contribution in [2.45, 2.75) is 18.9 Å². The molecule has 84 valence electrons. The Labute approximate surface area is 109 Å². The summed E-state index contributed by atoms with van der Waals surface area (Å²) in [5.74, 6) is 2.44. The molecule has 0 radical (unpaired) electrons. The Morgan fingerprint density at radius 1 is 1.38 bits per heavy atom. The van der Waals surface area contributed by atoms with E-state index >= 15 is 0 Å². The van der Waals surface area contributed by atoms with Gasteiger partial charge in [-0.3, -0.25) is 0 Å². The fraction of sp³-hybridized carbons (Fsp3) is 0.417. The third kappa shape index (κ3) is 2.93. The van der Waals surface area contributed by atoms with Gasteiger partial charge < -0.3 is 5.32 Å². The van der Waals surface area contributed by atoms with Crippen molar-refractivity contribution in [3.8, 4) is 6.07 Å². The molecule has 1 aromatic carbocycles. The number of nitriles is 1. The summed E-state index contributed by atoms with van der Waals surface area (Å²) in [6.45, 7) is 0. The van der Waals surface area contributed by atoms with Crippen molar-refractivity contribution in [1.29, 1.82) is 5.26 Å². The van der Waals surface area contributed by atoms with Crippen molar-refractivity contribution >= 4 is 33.4 Å². The molecule has 0 bridgehead atoms. The third-order valence-corrected chi connectivity index (χ3v) is 4.23. The Morgan fingerprint density at radius 2 is 2.12 bits per heavy atom. The average Bonchev–Trinajstić information content (AvgIpc) is 2.33. The molecule has 1 aromatic rings. The van der Waals surface area contributed by atoms with E-state index in [2.05, 4.69) is 27.3 Å².